The summed E-state index contributed by atoms with van der Waals surface area (Å²) in [5.41, 5.74) is 4.69. The van der Waals surface area contributed by atoms with Crippen molar-refractivity contribution < 1.29 is 5.11 Å². The Kier molecular flexibility index (Phi) is 4.81. The van der Waals surface area contributed by atoms with Crippen LogP contribution in [-0.2, 0) is 5.75 Å². The molecule has 0 bridgehead atoms. The van der Waals surface area contributed by atoms with Gasteiger partial charge in [0.25, 0.3) is 0 Å². The molecule has 5 heteroatoms. The van der Waals surface area contributed by atoms with Gasteiger partial charge in [-0.05, 0) is 24.3 Å². The normalized spacial score (nSPS) is 10.8. The SMILES string of the molecule is NNc1nc2ccccc2cc1CSCCCO. The number of benzene rings is 1. The molecular formula is C13H17N3OS. The number of nitrogens with two attached hydrogens (primary N) is 1. The van der Waals surface area contributed by atoms with E-state index in [9.17, 15) is 0 Å². The van der Waals surface area contributed by atoms with E-state index < -0.39 is 0 Å². The van der Waals surface area contributed by atoms with Crippen molar-refractivity contribution in [2.45, 2.75) is 12.2 Å². The second-order valence-electron chi connectivity index (χ2n) is 3.96. The van der Waals surface area contributed by atoms with Gasteiger partial charge in [-0.15, -0.1) is 0 Å². The van der Waals surface area contributed by atoms with Gasteiger partial charge in [-0.1, -0.05) is 18.2 Å². The smallest absolute Gasteiger partial charge is 0.144 e. The summed E-state index contributed by atoms with van der Waals surface area (Å²) in [6, 6.07) is 10.1. The molecule has 0 radical (unpaired) electrons. The lowest BCUT2D eigenvalue weighted by atomic mass is 10.1. The zero-order valence-corrected chi connectivity index (χ0v) is 10.9. The lowest BCUT2D eigenvalue weighted by molar-refractivity contribution is 0.296. The Hall–Kier alpha value is -1.30. The Labute approximate surface area is 111 Å². The quantitative estimate of drug-likeness (QED) is 0.423. The summed E-state index contributed by atoms with van der Waals surface area (Å²) in [4.78, 5) is 4.49. The molecule has 0 fully saturated rings. The van der Waals surface area contributed by atoms with Crippen molar-refractivity contribution in [2.24, 2.45) is 5.84 Å². The van der Waals surface area contributed by atoms with Crippen LogP contribution in [0.1, 0.15) is 12.0 Å². The van der Waals surface area contributed by atoms with Crippen molar-refractivity contribution in [2.75, 3.05) is 17.8 Å². The molecule has 0 saturated carbocycles. The maximum absolute atomic E-state index is 8.75. The first-order valence-corrected chi connectivity index (χ1v) is 7.04. The van der Waals surface area contributed by atoms with E-state index in [4.69, 9.17) is 10.9 Å². The van der Waals surface area contributed by atoms with Crippen molar-refractivity contribution in [3.05, 3.63) is 35.9 Å². The fraction of sp³-hybridized carbons (Fsp3) is 0.308. The summed E-state index contributed by atoms with van der Waals surface area (Å²) in [5, 5.41) is 9.87. The molecule has 0 saturated heterocycles. The zero-order valence-electron chi connectivity index (χ0n) is 10.1. The molecule has 0 aliphatic heterocycles. The second kappa shape index (κ2) is 6.58. The highest BCUT2D eigenvalue weighted by Gasteiger charge is 2.05. The highest BCUT2D eigenvalue weighted by Crippen LogP contribution is 2.23. The lowest BCUT2D eigenvalue weighted by Gasteiger charge is -2.09. The summed E-state index contributed by atoms with van der Waals surface area (Å²) in [6.07, 6.45) is 0.817. The Morgan fingerprint density at radius 3 is 2.94 bits per heavy atom. The second-order valence-corrected chi connectivity index (χ2v) is 5.07. The number of para-hydroxylation sites is 1. The highest BCUT2D eigenvalue weighted by atomic mass is 32.2. The first-order chi connectivity index (χ1) is 8.85. The number of aliphatic hydroxyl groups is 1. The summed E-state index contributed by atoms with van der Waals surface area (Å²) >= 11 is 1.77. The van der Waals surface area contributed by atoms with Crippen molar-refractivity contribution in [3.63, 3.8) is 0 Å². The highest BCUT2D eigenvalue weighted by molar-refractivity contribution is 7.98. The summed E-state index contributed by atoms with van der Waals surface area (Å²) in [6.45, 7) is 0.241. The molecule has 1 aromatic carbocycles. The monoisotopic (exact) mass is 263 g/mol. The molecule has 18 heavy (non-hydrogen) atoms. The van der Waals surface area contributed by atoms with Crippen molar-refractivity contribution in [1.82, 2.24) is 4.98 Å². The van der Waals surface area contributed by atoms with Crippen LogP contribution < -0.4 is 11.3 Å². The van der Waals surface area contributed by atoms with E-state index in [1.165, 1.54) is 0 Å². The number of aliphatic hydroxyl groups excluding tert-OH is 1. The predicted molar refractivity (Wildman–Crippen MR) is 77.4 cm³/mol. The number of nitrogens with one attached hydrogen (secondary N) is 1. The predicted octanol–water partition coefficient (Wildman–Crippen LogP) is 2.14. The molecular weight excluding hydrogens is 246 g/mol. The molecule has 0 amide bonds. The minimum Gasteiger partial charge on any atom is -0.396 e. The molecule has 4 nitrogen and oxygen atoms in total. The Balaban J connectivity index is 2.19. The third kappa shape index (κ3) is 3.13. The standard InChI is InChI=1S/C13H17N3OS/c14-16-13-11(9-18-7-3-6-17)8-10-4-1-2-5-12(10)15-13/h1-2,4-5,8,17H,3,6-7,9,14H2,(H,15,16). The largest absolute Gasteiger partial charge is 0.396 e. The van der Waals surface area contributed by atoms with E-state index >= 15 is 0 Å². The number of thioether (sulfide) groups is 1. The molecule has 0 unspecified atom stereocenters. The van der Waals surface area contributed by atoms with E-state index in [1.54, 1.807) is 11.8 Å². The Morgan fingerprint density at radius 2 is 2.17 bits per heavy atom. The molecule has 1 heterocycles. The molecule has 2 rings (SSSR count). The number of hydrazine groups is 1. The number of rotatable bonds is 6. The van der Waals surface area contributed by atoms with Crippen molar-refractivity contribution in [1.29, 1.82) is 0 Å². The number of aromatic nitrogens is 1. The van der Waals surface area contributed by atoms with Crippen LogP contribution in [0.4, 0.5) is 5.82 Å². The molecule has 96 valence electrons. The molecule has 4 N–H and O–H groups in total. The summed E-state index contributed by atoms with van der Waals surface area (Å²) < 4.78 is 0. The van der Waals surface area contributed by atoms with Gasteiger partial charge in [-0.25, -0.2) is 10.8 Å². The Bertz CT molecular complexity index is 519. The summed E-state index contributed by atoms with van der Waals surface area (Å²) in [5.74, 6) is 8.02. The van der Waals surface area contributed by atoms with Crippen LogP contribution in [0.2, 0.25) is 0 Å². The van der Waals surface area contributed by atoms with Gasteiger partial charge in [0.15, 0.2) is 0 Å². The number of nitrogens with zero attached hydrogens (tertiary/aromatic N) is 1. The van der Waals surface area contributed by atoms with E-state index in [1.807, 2.05) is 24.3 Å². The number of nitrogen functional groups attached to an aromatic ring is 1. The van der Waals surface area contributed by atoms with Crippen LogP contribution >= 0.6 is 11.8 Å². The van der Waals surface area contributed by atoms with Gasteiger partial charge in [-0.3, -0.25) is 0 Å². The minimum atomic E-state index is 0.241. The van der Waals surface area contributed by atoms with Gasteiger partial charge in [0.05, 0.1) is 5.52 Å². The van der Waals surface area contributed by atoms with E-state index in [2.05, 4.69) is 16.5 Å². The van der Waals surface area contributed by atoms with Crippen molar-refractivity contribution >= 4 is 28.5 Å². The molecule has 0 atom stereocenters. The molecule has 2 aromatic rings. The average Bonchev–Trinajstić information content (AvgIpc) is 2.42. The Morgan fingerprint density at radius 1 is 1.33 bits per heavy atom. The minimum absolute atomic E-state index is 0.241. The van der Waals surface area contributed by atoms with Gasteiger partial charge in [-0.2, -0.15) is 11.8 Å². The fourth-order valence-electron chi connectivity index (χ4n) is 1.74. The van der Waals surface area contributed by atoms with Crippen LogP contribution in [0.15, 0.2) is 30.3 Å². The first kappa shape index (κ1) is 13.1. The third-order valence-corrected chi connectivity index (χ3v) is 3.74. The van der Waals surface area contributed by atoms with Gasteiger partial charge >= 0.3 is 0 Å². The van der Waals surface area contributed by atoms with Gasteiger partial charge in [0.2, 0.25) is 0 Å². The molecule has 1 aromatic heterocycles. The lowest BCUT2D eigenvalue weighted by Crippen LogP contribution is -2.11. The average molecular weight is 263 g/mol. The van der Waals surface area contributed by atoms with Crippen LogP contribution in [-0.4, -0.2) is 22.5 Å². The van der Waals surface area contributed by atoms with E-state index in [-0.39, 0.29) is 6.61 Å². The maximum atomic E-state index is 8.75. The van der Waals surface area contributed by atoms with E-state index in [0.717, 1.165) is 40.2 Å². The van der Waals surface area contributed by atoms with Crippen LogP contribution in [0.3, 0.4) is 0 Å². The fourth-order valence-corrected chi connectivity index (χ4v) is 2.66. The van der Waals surface area contributed by atoms with Gasteiger partial charge < -0.3 is 10.5 Å². The number of anilines is 1. The first-order valence-electron chi connectivity index (χ1n) is 5.89. The van der Waals surface area contributed by atoms with Crippen LogP contribution in [0.5, 0.6) is 0 Å². The topological polar surface area (TPSA) is 71.2 Å². The number of pyridine rings is 1. The molecule has 0 aliphatic rings. The molecule has 0 aliphatic carbocycles. The van der Waals surface area contributed by atoms with Crippen LogP contribution in [0, 0.1) is 0 Å². The van der Waals surface area contributed by atoms with Gasteiger partial charge in [0, 0.05) is 23.3 Å². The number of fused-ring (bicyclic) bond motifs is 1. The third-order valence-electron chi connectivity index (χ3n) is 2.64. The van der Waals surface area contributed by atoms with Crippen LogP contribution in [0.25, 0.3) is 10.9 Å². The summed E-state index contributed by atoms with van der Waals surface area (Å²) in [7, 11) is 0. The number of hydrogen-bond donors (Lipinski definition) is 3. The number of hydrogen-bond acceptors (Lipinski definition) is 5. The maximum Gasteiger partial charge on any atom is 0.144 e. The van der Waals surface area contributed by atoms with E-state index in [0.29, 0.717) is 0 Å². The van der Waals surface area contributed by atoms with Gasteiger partial charge in [0.1, 0.15) is 5.82 Å². The molecule has 0 spiro atoms. The van der Waals surface area contributed by atoms with Crippen molar-refractivity contribution in [3.8, 4) is 0 Å². The zero-order chi connectivity index (χ0) is 12.8.